The molecule has 1 heterocycles. The first-order valence-corrected chi connectivity index (χ1v) is 6.85. The Morgan fingerprint density at radius 3 is 2.67 bits per heavy atom. The van der Waals surface area contributed by atoms with Crippen LogP contribution < -0.4 is 10.6 Å². The number of rotatable bonds is 2. The van der Waals surface area contributed by atoms with Crippen LogP contribution >= 0.6 is 11.6 Å². The van der Waals surface area contributed by atoms with Crippen molar-refractivity contribution in [2.24, 2.45) is 5.92 Å². The highest BCUT2D eigenvalue weighted by Gasteiger charge is 2.58. The summed E-state index contributed by atoms with van der Waals surface area (Å²) in [6.45, 7) is 0. The minimum Gasteiger partial charge on any atom is -0.316 e. The van der Waals surface area contributed by atoms with E-state index >= 15 is 0 Å². The van der Waals surface area contributed by atoms with Crippen LogP contribution in [0.15, 0.2) is 30.4 Å². The van der Waals surface area contributed by atoms with Gasteiger partial charge in [0, 0.05) is 16.3 Å². The van der Waals surface area contributed by atoms with E-state index in [1.807, 2.05) is 5.32 Å². The molecule has 7 heteroatoms. The number of urea groups is 1. The van der Waals surface area contributed by atoms with Gasteiger partial charge in [0.1, 0.15) is 0 Å². The monoisotopic (exact) mass is 316 g/mol. The molecule has 1 aliphatic heterocycles. The largest absolute Gasteiger partial charge is 0.419 e. The van der Waals surface area contributed by atoms with E-state index in [2.05, 4.69) is 5.32 Å². The van der Waals surface area contributed by atoms with Crippen molar-refractivity contribution in [1.29, 1.82) is 0 Å². The Bertz CT molecular complexity index is 625. The summed E-state index contributed by atoms with van der Waals surface area (Å²) in [5, 5.41) is 4.57. The summed E-state index contributed by atoms with van der Waals surface area (Å²) >= 11 is 5.83. The number of anilines is 1. The first-order valence-electron chi connectivity index (χ1n) is 6.47. The van der Waals surface area contributed by atoms with Crippen LogP contribution in [0.5, 0.6) is 0 Å². The summed E-state index contributed by atoms with van der Waals surface area (Å²) in [5.74, 6) is 0.152. The predicted octanol–water partition coefficient (Wildman–Crippen LogP) is 4.20. The molecule has 112 valence electrons. The molecular weight excluding hydrogens is 305 g/mol. The number of amides is 2. The fourth-order valence-electron chi connectivity index (χ4n) is 2.37. The van der Waals surface area contributed by atoms with Crippen LogP contribution in [0.25, 0.3) is 0 Å². The molecule has 21 heavy (non-hydrogen) atoms. The highest BCUT2D eigenvalue weighted by molar-refractivity contribution is 6.30. The highest BCUT2D eigenvalue weighted by Crippen LogP contribution is 2.46. The average Bonchev–Trinajstić information content (AvgIpc) is 3.19. The molecular formula is C14H12ClF3N2O. The molecule has 1 aromatic rings. The van der Waals surface area contributed by atoms with Gasteiger partial charge in [-0.2, -0.15) is 13.2 Å². The number of carbonyl (C=O) groups excluding carboxylic acids is 1. The molecule has 1 fully saturated rings. The Morgan fingerprint density at radius 2 is 2.05 bits per heavy atom. The number of hydrogen-bond donors (Lipinski definition) is 2. The fraction of sp³-hybridized carbons (Fsp3) is 0.357. The van der Waals surface area contributed by atoms with Crippen molar-refractivity contribution < 1.29 is 18.0 Å². The number of nitrogens with one attached hydrogen (secondary N) is 2. The normalized spacial score (nSPS) is 25.4. The van der Waals surface area contributed by atoms with Crippen molar-refractivity contribution in [2.75, 3.05) is 5.32 Å². The molecule has 2 amide bonds. The molecule has 3 nitrogen and oxygen atoms in total. The molecule has 2 N–H and O–H groups in total. The van der Waals surface area contributed by atoms with Gasteiger partial charge in [-0.3, -0.25) is 0 Å². The third-order valence-electron chi connectivity index (χ3n) is 3.65. The number of fused-ring (bicyclic) bond motifs is 1. The summed E-state index contributed by atoms with van der Waals surface area (Å²) in [6.07, 6.45) is -0.365. The van der Waals surface area contributed by atoms with Gasteiger partial charge in [-0.1, -0.05) is 17.7 Å². The van der Waals surface area contributed by atoms with Crippen LogP contribution in [0.3, 0.4) is 0 Å². The first kappa shape index (κ1) is 14.3. The van der Waals surface area contributed by atoms with E-state index in [1.165, 1.54) is 24.3 Å². The lowest BCUT2D eigenvalue weighted by Crippen LogP contribution is -2.58. The molecule has 1 aromatic carbocycles. The van der Waals surface area contributed by atoms with E-state index < -0.39 is 17.7 Å². The zero-order valence-corrected chi connectivity index (χ0v) is 11.6. The van der Waals surface area contributed by atoms with Gasteiger partial charge in [-0.25, -0.2) is 4.79 Å². The second kappa shape index (κ2) is 4.66. The molecule has 1 aliphatic carbocycles. The number of benzene rings is 1. The maximum absolute atomic E-state index is 13.7. The number of alkyl halides is 3. The molecule has 0 spiro atoms. The second-order valence-corrected chi connectivity index (χ2v) is 5.71. The zero-order valence-electron chi connectivity index (χ0n) is 10.8. The summed E-state index contributed by atoms with van der Waals surface area (Å²) < 4.78 is 41.1. The van der Waals surface area contributed by atoms with Crippen LogP contribution in [-0.2, 0) is 5.54 Å². The third-order valence-corrected chi connectivity index (χ3v) is 3.89. The van der Waals surface area contributed by atoms with Gasteiger partial charge in [-0.15, -0.1) is 0 Å². The molecule has 1 unspecified atom stereocenters. The van der Waals surface area contributed by atoms with Gasteiger partial charge < -0.3 is 10.6 Å². The number of allylic oxidation sites excluding steroid dienone is 1. The number of hydrogen-bond acceptors (Lipinski definition) is 1. The van der Waals surface area contributed by atoms with Crippen LogP contribution in [0, 0.1) is 5.92 Å². The SMILES string of the molecule is O=C1Nc2ccc(Cl)cc2C(/C=C/C2CC2)(C(F)(F)F)N1. The van der Waals surface area contributed by atoms with Crippen LogP contribution in [0.2, 0.25) is 5.02 Å². The van der Waals surface area contributed by atoms with E-state index in [4.69, 9.17) is 11.6 Å². The van der Waals surface area contributed by atoms with Gasteiger partial charge in [0.25, 0.3) is 0 Å². The van der Waals surface area contributed by atoms with Crippen molar-refractivity contribution in [2.45, 2.75) is 24.6 Å². The quantitative estimate of drug-likeness (QED) is 0.789. The lowest BCUT2D eigenvalue weighted by atomic mass is 9.85. The minimum absolute atomic E-state index is 0.0981. The zero-order chi connectivity index (χ0) is 15.3. The first-order chi connectivity index (χ1) is 9.82. The maximum Gasteiger partial charge on any atom is 0.419 e. The van der Waals surface area contributed by atoms with E-state index in [1.54, 1.807) is 0 Å². The van der Waals surface area contributed by atoms with Crippen LogP contribution in [0.4, 0.5) is 23.7 Å². The topological polar surface area (TPSA) is 41.1 Å². The smallest absolute Gasteiger partial charge is 0.316 e. The van der Waals surface area contributed by atoms with E-state index in [-0.39, 0.29) is 22.2 Å². The number of carbonyl (C=O) groups is 1. The molecule has 0 radical (unpaired) electrons. The number of halogens is 4. The molecule has 1 saturated carbocycles. The second-order valence-electron chi connectivity index (χ2n) is 5.27. The van der Waals surface area contributed by atoms with Crippen molar-refractivity contribution in [3.05, 3.63) is 40.9 Å². The molecule has 0 bridgehead atoms. The molecule has 0 saturated heterocycles. The predicted molar refractivity (Wildman–Crippen MR) is 73.2 cm³/mol. The standard InChI is InChI=1S/C14H12ClF3N2O/c15-9-3-4-11-10(7-9)13(14(16,17)18,20-12(21)19-11)6-5-8-1-2-8/h3-8H,1-2H2,(H2,19,20,21)/b6-5+. The van der Waals surface area contributed by atoms with Gasteiger partial charge in [0.2, 0.25) is 0 Å². The lowest BCUT2D eigenvalue weighted by Gasteiger charge is -2.39. The highest BCUT2D eigenvalue weighted by atomic mass is 35.5. The summed E-state index contributed by atoms with van der Waals surface area (Å²) in [6, 6.07) is 3.16. The van der Waals surface area contributed by atoms with Gasteiger partial charge >= 0.3 is 12.2 Å². The molecule has 2 aliphatic rings. The Morgan fingerprint density at radius 1 is 1.33 bits per heavy atom. The Kier molecular flexibility index (Phi) is 3.16. The van der Waals surface area contributed by atoms with Crippen LogP contribution in [0.1, 0.15) is 18.4 Å². The van der Waals surface area contributed by atoms with Gasteiger partial charge in [-0.05, 0) is 43.0 Å². The van der Waals surface area contributed by atoms with E-state index in [0.29, 0.717) is 0 Å². The minimum atomic E-state index is -4.67. The van der Waals surface area contributed by atoms with Gasteiger partial charge in [0.05, 0.1) is 0 Å². The average molecular weight is 317 g/mol. The van der Waals surface area contributed by atoms with E-state index in [0.717, 1.165) is 18.9 Å². The summed E-state index contributed by atoms with van der Waals surface area (Å²) in [7, 11) is 0. The Hall–Kier alpha value is -1.69. The third kappa shape index (κ3) is 2.48. The summed E-state index contributed by atoms with van der Waals surface area (Å²) in [4.78, 5) is 11.6. The van der Waals surface area contributed by atoms with Crippen molar-refractivity contribution >= 4 is 23.3 Å². The molecule has 0 aromatic heterocycles. The van der Waals surface area contributed by atoms with Crippen molar-refractivity contribution in [1.82, 2.24) is 5.32 Å². The Balaban J connectivity index is 2.18. The van der Waals surface area contributed by atoms with Gasteiger partial charge in [0.15, 0.2) is 5.54 Å². The maximum atomic E-state index is 13.7. The summed E-state index contributed by atoms with van der Waals surface area (Å²) in [5.41, 5.74) is -2.53. The Labute approximate surface area is 124 Å². The lowest BCUT2D eigenvalue weighted by molar-refractivity contribution is -0.181. The van der Waals surface area contributed by atoms with Crippen molar-refractivity contribution in [3.8, 4) is 0 Å². The molecule has 3 rings (SSSR count). The van der Waals surface area contributed by atoms with Crippen molar-refractivity contribution in [3.63, 3.8) is 0 Å². The fourth-order valence-corrected chi connectivity index (χ4v) is 2.54. The van der Waals surface area contributed by atoms with E-state index in [9.17, 15) is 18.0 Å². The molecule has 1 atom stereocenters. The van der Waals surface area contributed by atoms with Crippen LogP contribution in [-0.4, -0.2) is 12.2 Å².